The largest absolute Gasteiger partial charge is 0.461 e. The highest BCUT2D eigenvalue weighted by Crippen LogP contribution is 2.09. The van der Waals surface area contributed by atoms with Crippen molar-refractivity contribution in [1.82, 2.24) is 0 Å². The SMILES string of the molecule is C=CCOC(=O)CC(C)SC. The third-order valence-electron chi connectivity index (χ3n) is 1.22. The minimum Gasteiger partial charge on any atom is -0.461 e. The van der Waals surface area contributed by atoms with E-state index in [9.17, 15) is 4.79 Å². The second kappa shape index (κ2) is 6.28. The number of thioether (sulfide) groups is 1. The van der Waals surface area contributed by atoms with Gasteiger partial charge in [-0.2, -0.15) is 11.8 Å². The van der Waals surface area contributed by atoms with E-state index in [2.05, 4.69) is 6.58 Å². The Kier molecular flexibility index (Phi) is 6.03. The summed E-state index contributed by atoms with van der Waals surface area (Å²) in [6.45, 7) is 5.77. The normalized spacial score (nSPS) is 12.2. The van der Waals surface area contributed by atoms with E-state index in [-0.39, 0.29) is 5.97 Å². The smallest absolute Gasteiger partial charge is 0.307 e. The highest BCUT2D eigenvalue weighted by atomic mass is 32.2. The van der Waals surface area contributed by atoms with E-state index >= 15 is 0 Å². The number of carbonyl (C=O) groups excluding carboxylic acids is 1. The molecule has 64 valence electrons. The van der Waals surface area contributed by atoms with E-state index in [4.69, 9.17) is 4.74 Å². The summed E-state index contributed by atoms with van der Waals surface area (Å²) in [5.74, 6) is -0.147. The van der Waals surface area contributed by atoms with Crippen molar-refractivity contribution >= 4 is 17.7 Å². The summed E-state index contributed by atoms with van der Waals surface area (Å²) in [5.41, 5.74) is 0. The Morgan fingerprint density at radius 3 is 2.91 bits per heavy atom. The summed E-state index contributed by atoms with van der Waals surface area (Å²) >= 11 is 1.66. The maximum absolute atomic E-state index is 10.9. The summed E-state index contributed by atoms with van der Waals surface area (Å²) < 4.78 is 4.79. The zero-order chi connectivity index (χ0) is 8.69. The van der Waals surface area contributed by atoms with Gasteiger partial charge in [-0.15, -0.1) is 0 Å². The highest BCUT2D eigenvalue weighted by Gasteiger charge is 2.07. The van der Waals surface area contributed by atoms with Crippen LogP contribution in [0.2, 0.25) is 0 Å². The maximum Gasteiger partial charge on any atom is 0.307 e. The molecule has 0 saturated heterocycles. The lowest BCUT2D eigenvalue weighted by atomic mass is 10.3. The van der Waals surface area contributed by atoms with Crippen LogP contribution >= 0.6 is 11.8 Å². The standard InChI is InChI=1S/C8H14O2S/c1-4-5-10-8(9)6-7(2)11-3/h4,7H,1,5-6H2,2-3H3. The van der Waals surface area contributed by atoms with E-state index < -0.39 is 0 Å². The van der Waals surface area contributed by atoms with Gasteiger partial charge in [0.15, 0.2) is 0 Å². The van der Waals surface area contributed by atoms with Gasteiger partial charge in [-0.1, -0.05) is 19.6 Å². The number of esters is 1. The lowest BCUT2D eigenvalue weighted by Gasteiger charge is -2.06. The summed E-state index contributed by atoms with van der Waals surface area (Å²) in [7, 11) is 0. The fourth-order valence-electron chi connectivity index (χ4n) is 0.529. The first-order chi connectivity index (χ1) is 5.20. The van der Waals surface area contributed by atoms with E-state index in [1.54, 1.807) is 17.8 Å². The van der Waals surface area contributed by atoms with Crippen LogP contribution in [0.1, 0.15) is 13.3 Å². The third-order valence-corrected chi connectivity index (χ3v) is 2.19. The van der Waals surface area contributed by atoms with Gasteiger partial charge in [-0.25, -0.2) is 0 Å². The van der Waals surface area contributed by atoms with Crippen LogP contribution in [0.5, 0.6) is 0 Å². The molecule has 0 aromatic heterocycles. The first-order valence-corrected chi connectivity index (χ1v) is 4.78. The van der Waals surface area contributed by atoms with Crippen LogP contribution in [0.4, 0.5) is 0 Å². The van der Waals surface area contributed by atoms with Crippen LogP contribution in [0.15, 0.2) is 12.7 Å². The Bertz CT molecular complexity index is 134. The molecular weight excluding hydrogens is 160 g/mol. The molecule has 0 heterocycles. The van der Waals surface area contributed by atoms with Gasteiger partial charge in [-0.05, 0) is 6.26 Å². The Hall–Kier alpha value is -0.440. The monoisotopic (exact) mass is 174 g/mol. The Morgan fingerprint density at radius 1 is 1.82 bits per heavy atom. The predicted molar refractivity (Wildman–Crippen MR) is 48.8 cm³/mol. The van der Waals surface area contributed by atoms with Crippen molar-refractivity contribution in [2.45, 2.75) is 18.6 Å². The molecule has 0 amide bonds. The molecule has 1 atom stereocenters. The molecule has 0 saturated carbocycles. The van der Waals surface area contributed by atoms with Gasteiger partial charge in [0.05, 0.1) is 6.42 Å². The summed E-state index contributed by atoms with van der Waals surface area (Å²) in [5, 5.41) is 0.340. The Labute approximate surface area is 72.0 Å². The Balaban J connectivity index is 3.43. The van der Waals surface area contributed by atoms with Crippen LogP contribution in [-0.4, -0.2) is 24.1 Å². The van der Waals surface area contributed by atoms with Crippen molar-refractivity contribution in [3.63, 3.8) is 0 Å². The fourth-order valence-corrected chi connectivity index (χ4v) is 0.832. The molecule has 0 aromatic carbocycles. The molecule has 0 aliphatic carbocycles. The number of carbonyl (C=O) groups is 1. The number of hydrogen-bond donors (Lipinski definition) is 0. The van der Waals surface area contributed by atoms with Crippen LogP contribution in [0.25, 0.3) is 0 Å². The molecule has 0 rings (SSSR count). The van der Waals surface area contributed by atoms with E-state index in [0.717, 1.165) is 0 Å². The van der Waals surface area contributed by atoms with Crippen LogP contribution in [0, 0.1) is 0 Å². The molecule has 0 aromatic rings. The zero-order valence-electron chi connectivity index (χ0n) is 7.00. The van der Waals surface area contributed by atoms with E-state index in [1.165, 1.54) is 0 Å². The van der Waals surface area contributed by atoms with Gasteiger partial charge < -0.3 is 4.74 Å². The molecule has 0 radical (unpaired) electrons. The van der Waals surface area contributed by atoms with Crippen LogP contribution in [-0.2, 0) is 9.53 Å². The molecule has 0 aliphatic heterocycles. The molecule has 11 heavy (non-hydrogen) atoms. The van der Waals surface area contributed by atoms with Crippen LogP contribution in [0.3, 0.4) is 0 Å². The lowest BCUT2D eigenvalue weighted by Crippen LogP contribution is -2.10. The average Bonchev–Trinajstić information content (AvgIpc) is 2.00. The summed E-state index contributed by atoms with van der Waals surface area (Å²) in [6, 6.07) is 0. The molecule has 2 nitrogen and oxygen atoms in total. The molecule has 0 spiro atoms. The second-order valence-electron chi connectivity index (χ2n) is 2.22. The van der Waals surface area contributed by atoms with Crippen molar-refractivity contribution in [3.8, 4) is 0 Å². The van der Waals surface area contributed by atoms with Gasteiger partial charge in [-0.3, -0.25) is 4.79 Å². The molecule has 0 N–H and O–H groups in total. The minimum absolute atomic E-state index is 0.147. The average molecular weight is 174 g/mol. The van der Waals surface area contributed by atoms with Gasteiger partial charge in [0.2, 0.25) is 0 Å². The molecule has 0 fully saturated rings. The molecular formula is C8H14O2S. The zero-order valence-corrected chi connectivity index (χ0v) is 7.82. The Morgan fingerprint density at radius 2 is 2.45 bits per heavy atom. The minimum atomic E-state index is -0.147. The number of rotatable bonds is 5. The maximum atomic E-state index is 10.9. The van der Waals surface area contributed by atoms with Gasteiger partial charge >= 0.3 is 5.97 Å². The molecule has 1 unspecified atom stereocenters. The van der Waals surface area contributed by atoms with Crippen molar-refractivity contribution in [2.75, 3.05) is 12.9 Å². The molecule has 0 bridgehead atoms. The number of hydrogen-bond acceptors (Lipinski definition) is 3. The lowest BCUT2D eigenvalue weighted by molar-refractivity contribution is -0.142. The summed E-state index contributed by atoms with van der Waals surface area (Å²) in [6.07, 6.45) is 4.03. The van der Waals surface area contributed by atoms with Gasteiger partial charge in [0, 0.05) is 5.25 Å². The van der Waals surface area contributed by atoms with Crippen molar-refractivity contribution in [3.05, 3.63) is 12.7 Å². The highest BCUT2D eigenvalue weighted by molar-refractivity contribution is 7.99. The van der Waals surface area contributed by atoms with Crippen molar-refractivity contribution < 1.29 is 9.53 Å². The van der Waals surface area contributed by atoms with Crippen molar-refractivity contribution in [1.29, 1.82) is 0 Å². The second-order valence-corrected chi connectivity index (χ2v) is 3.50. The van der Waals surface area contributed by atoms with Gasteiger partial charge in [0.1, 0.15) is 6.61 Å². The molecule has 3 heteroatoms. The topological polar surface area (TPSA) is 26.3 Å². The third kappa shape index (κ3) is 5.98. The van der Waals surface area contributed by atoms with Gasteiger partial charge in [0.25, 0.3) is 0 Å². The quantitative estimate of drug-likeness (QED) is 0.470. The predicted octanol–water partition coefficient (Wildman–Crippen LogP) is 1.86. The first-order valence-electron chi connectivity index (χ1n) is 3.50. The van der Waals surface area contributed by atoms with E-state index in [0.29, 0.717) is 18.3 Å². The first kappa shape index (κ1) is 10.6. The van der Waals surface area contributed by atoms with Crippen molar-refractivity contribution in [2.24, 2.45) is 0 Å². The molecule has 0 aliphatic rings. The number of ether oxygens (including phenoxy) is 1. The summed E-state index contributed by atoms with van der Waals surface area (Å²) in [4.78, 5) is 10.9. The fraction of sp³-hybridized carbons (Fsp3) is 0.625. The van der Waals surface area contributed by atoms with E-state index in [1.807, 2.05) is 13.2 Å². The van der Waals surface area contributed by atoms with Crippen LogP contribution < -0.4 is 0 Å².